The maximum atomic E-state index is 3.75. The Morgan fingerprint density at radius 3 is 2.44 bits per heavy atom. The van der Waals surface area contributed by atoms with Crippen molar-refractivity contribution in [3.63, 3.8) is 0 Å². The molecule has 16 heavy (non-hydrogen) atoms. The monoisotopic (exact) mass is 215 g/mol. The van der Waals surface area contributed by atoms with E-state index in [2.05, 4.69) is 35.6 Å². The predicted molar refractivity (Wildman–Crippen MR) is 67.5 cm³/mol. The largest absolute Gasteiger partial charge is 0.313 e. The first-order valence-corrected chi connectivity index (χ1v) is 6.73. The van der Waals surface area contributed by atoms with Crippen LogP contribution in [0.1, 0.15) is 43.6 Å². The summed E-state index contributed by atoms with van der Waals surface area (Å²) in [6, 6.07) is 11.8. The molecule has 2 unspecified atom stereocenters. The summed E-state index contributed by atoms with van der Waals surface area (Å²) < 4.78 is 0. The Bertz CT molecular complexity index is 327. The zero-order chi connectivity index (χ0) is 10.8. The molecule has 1 aromatic rings. The van der Waals surface area contributed by atoms with Crippen LogP contribution >= 0.6 is 0 Å². The van der Waals surface area contributed by atoms with Crippen molar-refractivity contribution >= 4 is 0 Å². The third-order valence-electron chi connectivity index (χ3n) is 4.40. The molecule has 1 saturated heterocycles. The Kier molecular flexibility index (Phi) is 2.96. The van der Waals surface area contributed by atoms with Gasteiger partial charge in [0.1, 0.15) is 0 Å². The van der Waals surface area contributed by atoms with Gasteiger partial charge in [0.15, 0.2) is 0 Å². The van der Waals surface area contributed by atoms with Crippen LogP contribution in [0.25, 0.3) is 0 Å². The van der Waals surface area contributed by atoms with Gasteiger partial charge < -0.3 is 5.32 Å². The third kappa shape index (κ3) is 1.89. The number of benzene rings is 1. The normalized spacial score (nSPS) is 31.0. The summed E-state index contributed by atoms with van der Waals surface area (Å²) in [6.45, 7) is 1.21. The summed E-state index contributed by atoms with van der Waals surface area (Å²) >= 11 is 0. The van der Waals surface area contributed by atoms with Crippen molar-refractivity contribution in [2.24, 2.45) is 5.92 Å². The van der Waals surface area contributed by atoms with Crippen molar-refractivity contribution in [2.75, 3.05) is 6.54 Å². The molecule has 1 aliphatic carbocycles. The van der Waals surface area contributed by atoms with E-state index in [-0.39, 0.29) is 0 Å². The first kappa shape index (κ1) is 10.3. The van der Waals surface area contributed by atoms with E-state index in [4.69, 9.17) is 0 Å². The van der Waals surface area contributed by atoms with Gasteiger partial charge in [-0.2, -0.15) is 0 Å². The third-order valence-corrected chi connectivity index (χ3v) is 4.40. The second-order valence-corrected chi connectivity index (χ2v) is 5.33. The summed E-state index contributed by atoms with van der Waals surface area (Å²) in [7, 11) is 0. The van der Waals surface area contributed by atoms with Crippen LogP contribution in [0, 0.1) is 5.92 Å². The average molecular weight is 215 g/mol. The minimum absolute atomic E-state index is 0.755. The molecule has 0 bridgehead atoms. The van der Waals surface area contributed by atoms with Gasteiger partial charge in [0.2, 0.25) is 0 Å². The van der Waals surface area contributed by atoms with E-state index >= 15 is 0 Å². The molecule has 1 heteroatoms. The zero-order valence-electron chi connectivity index (χ0n) is 9.86. The zero-order valence-corrected chi connectivity index (χ0v) is 9.86. The lowest BCUT2D eigenvalue weighted by Gasteiger charge is -2.25. The van der Waals surface area contributed by atoms with E-state index in [0.717, 1.165) is 17.9 Å². The fourth-order valence-corrected chi connectivity index (χ4v) is 3.61. The fourth-order valence-electron chi connectivity index (χ4n) is 3.61. The molecule has 0 radical (unpaired) electrons. The quantitative estimate of drug-likeness (QED) is 0.798. The van der Waals surface area contributed by atoms with Crippen molar-refractivity contribution in [1.82, 2.24) is 5.32 Å². The van der Waals surface area contributed by atoms with Gasteiger partial charge in [0.25, 0.3) is 0 Å². The summed E-state index contributed by atoms with van der Waals surface area (Å²) in [5.74, 6) is 1.71. The van der Waals surface area contributed by atoms with Gasteiger partial charge in [-0.1, -0.05) is 43.2 Å². The van der Waals surface area contributed by atoms with Crippen LogP contribution in [0.2, 0.25) is 0 Å². The molecule has 2 fully saturated rings. The molecule has 1 N–H and O–H groups in total. The highest BCUT2D eigenvalue weighted by Gasteiger charge is 2.35. The summed E-state index contributed by atoms with van der Waals surface area (Å²) in [4.78, 5) is 0. The molecule has 0 amide bonds. The molecule has 1 nitrogen and oxygen atoms in total. The molecule has 1 saturated carbocycles. The SMILES string of the molecule is c1ccc(C2CCNC2C2CCCC2)cc1. The highest BCUT2D eigenvalue weighted by atomic mass is 15.0. The highest BCUT2D eigenvalue weighted by Crippen LogP contribution is 2.38. The van der Waals surface area contributed by atoms with Crippen LogP contribution in [-0.4, -0.2) is 12.6 Å². The van der Waals surface area contributed by atoms with Crippen molar-refractivity contribution in [3.8, 4) is 0 Å². The first-order chi connectivity index (χ1) is 7.95. The van der Waals surface area contributed by atoms with E-state index in [1.54, 1.807) is 5.56 Å². The number of nitrogens with one attached hydrogen (secondary N) is 1. The van der Waals surface area contributed by atoms with Gasteiger partial charge in [-0.25, -0.2) is 0 Å². The highest BCUT2D eigenvalue weighted by molar-refractivity contribution is 5.23. The Morgan fingerprint density at radius 1 is 0.938 bits per heavy atom. The predicted octanol–water partition coefficient (Wildman–Crippen LogP) is 3.32. The molecule has 1 aliphatic heterocycles. The van der Waals surface area contributed by atoms with E-state index in [9.17, 15) is 0 Å². The van der Waals surface area contributed by atoms with E-state index < -0.39 is 0 Å². The standard InChI is InChI=1S/C15H21N/c1-2-6-12(7-3-1)14-10-11-16-15(14)13-8-4-5-9-13/h1-3,6-7,13-16H,4-5,8-11H2. The van der Waals surface area contributed by atoms with E-state index in [1.165, 1.54) is 38.6 Å². The molecule has 0 spiro atoms. The van der Waals surface area contributed by atoms with Crippen molar-refractivity contribution in [1.29, 1.82) is 0 Å². The van der Waals surface area contributed by atoms with Gasteiger partial charge in [0.05, 0.1) is 0 Å². The lowest BCUT2D eigenvalue weighted by Crippen LogP contribution is -2.32. The Labute approximate surface area is 98.3 Å². The topological polar surface area (TPSA) is 12.0 Å². The number of hydrogen-bond donors (Lipinski definition) is 1. The maximum Gasteiger partial charge on any atom is 0.0164 e. The summed E-state index contributed by atoms with van der Waals surface area (Å²) in [6.07, 6.45) is 7.11. The minimum Gasteiger partial charge on any atom is -0.313 e. The van der Waals surface area contributed by atoms with Gasteiger partial charge in [-0.15, -0.1) is 0 Å². The van der Waals surface area contributed by atoms with Gasteiger partial charge in [-0.05, 0) is 37.3 Å². The Balaban J connectivity index is 1.78. The second kappa shape index (κ2) is 4.58. The van der Waals surface area contributed by atoms with E-state index in [1.807, 2.05) is 0 Å². The average Bonchev–Trinajstić information content (AvgIpc) is 3.01. The van der Waals surface area contributed by atoms with Gasteiger partial charge in [0, 0.05) is 12.0 Å². The maximum absolute atomic E-state index is 3.75. The van der Waals surface area contributed by atoms with Crippen LogP contribution in [-0.2, 0) is 0 Å². The molecular formula is C15H21N. The molecule has 3 rings (SSSR count). The number of hydrogen-bond acceptors (Lipinski definition) is 1. The van der Waals surface area contributed by atoms with Crippen molar-refractivity contribution in [3.05, 3.63) is 35.9 Å². The lowest BCUT2D eigenvalue weighted by molar-refractivity contribution is 0.370. The minimum atomic E-state index is 0.755. The fraction of sp³-hybridized carbons (Fsp3) is 0.600. The van der Waals surface area contributed by atoms with Gasteiger partial charge in [-0.3, -0.25) is 0 Å². The first-order valence-electron chi connectivity index (χ1n) is 6.73. The Morgan fingerprint density at radius 2 is 1.69 bits per heavy atom. The molecule has 2 aliphatic rings. The molecule has 1 heterocycles. The molecule has 2 atom stereocenters. The molecule has 1 aromatic carbocycles. The summed E-state index contributed by atoms with van der Waals surface area (Å²) in [5.41, 5.74) is 1.55. The van der Waals surface area contributed by atoms with Crippen molar-refractivity contribution in [2.45, 2.75) is 44.1 Å². The van der Waals surface area contributed by atoms with Gasteiger partial charge >= 0.3 is 0 Å². The molecule has 0 aromatic heterocycles. The second-order valence-electron chi connectivity index (χ2n) is 5.33. The smallest absolute Gasteiger partial charge is 0.0164 e. The van der Waals surface area contributed by atoms with Crippen LogP contribution in [0.5, 0.6) is 0 Å². The van der Waals surface area contributed by atoms with Crippen LogP contribution in [0.4, 0.5) is 0 Å². The van der Waals surface area contributed by atoms with Crippen molar-refractivity contribution < 1.29 is 0 Å². The van der Waals surface area contributed by atoms with Crippen LogP contribution in [0.15, 0.2) is 30.3 Å². The van der Waals surface area contributed by atoms with Crippen LogP contribution in [0.3, 0.4) is 0 Å². The molecule has 86 valence electrons. The van der Waals surface area contributed by atoms with E-state index in [0.29, 0.717) is 0 Å². The van der Waals surface area contributed by atoms with Crippen LogP contribution < -0.4 is 5.32 Å². The Hall–Kier alpha value is -0.820. The molecular weight excluding hydrogens is 194 g/mol. The lowest BCUT2D eigenvalue weighted by atomic mass is 9.84. The summed E-state index contributed by atoms with van der Waals surface area (Å²) in [5, 5.41) is 3.75. The number of rotatable bonds is 2.